The van der Waals surface area contributed by atoms with Gasteiger partial charge in [0, 0.05) is 26.1 Å². The van der Waals surface area contributed by atoms with E-state index < -0.39 is 17.1 Å². The van der Waals surface area contributed by atoms with Crippen LogP contribution in [-0.4, -0.2) is 70.7 Å². The molecule has 3 heterocycles. The highest BCUT2D eigenvalue weighted by Gasteiger charge is 2.28. The van der Waals surface area contributed by atoms with Gasteiger partial charge in [-0.25, -0.2) is 18.0 Å². The number of aromatic amines is 1. The molecule has 36 heavy (non-hydrogen) atoms. The number of aliphatic hydroxyl groups is 2. The van der Waals surface area contributed by atoms with Gasteiger partial charge in [-0.1, -0.05) is 6.92 Å². The Balaban J connectivity index is 1.67. The number of piperidine rings is 1. The van der Waals surface area contributed by atoms with Crippen molar-refractivity contribution in [3.63, 3.8) is 0 Å². The molecule has 0 aliphatic carbocycles. The first-order valence-corrected chi connectivity index (χ1v) is 13.7. The van der Waals surface area contributed by atoms with Crippen LogP contribution in [0.3, 0.4) is 0 Å². The Morgan fingerprint density at radius 1 is 1.28 bits per heavy atom. The standard InChI is InChI=1S/C25H35N5O5S/c1-4-6-22-26-16(3)23-25(33)27-24(28-30(22)23)19-15-18(7-8-21(19)35-5-2)36(34)29-12-9-17(10-13-29)20(32)11-14-31/h7-8,15,17,20,31-32H,4-6,9-14H2,1-3H3,(H,27,28,33). The summed E-state index contributed by atoms with van der Waals surface area (Å²) in [6.07, 6.45) is 2.81. The van der Waals surface area contributed by atoms with Crippen molar-refractivity contribution in [2.75, 3.05) is 26.3 Å². The van der Waals surface area contributed by atoms with Gasteiger partial charge in [-0.05, 0) is 63.6 Å². The lowest BCUT2D eigenvalue weighted by Crippen LogP contribution is -2.39. The van der Waals surface area contributed by atoms with Gasteiger partial charge in [-0.15, -0.1) is 5.10 Å². The van der Waals surface area contributed by atoms with E-state index in [4.69, 9.17) is 14.9 Å². The zero-order chi connectivity index (χ0) is 25.8. The molecule has 2 unspecified atom stereocenters. The number of imidazole rings is 1. The largest absolute Gasteiger partial charge is 0.493 e. The van der Waals surface area contributed by atoms with Gasteiger partial charge in [-0.3, -0.25) is 4.79 Å². The first-order chi connectivity index (χ1) is 17.4. The van der Waals surface area contributed by atoms with E-state index in [9.17, 15) is 14.1 Å². The second-order valence-corrected chi connectivity index (χ2v) is 10.6. The molecule has 2 atom stereocenters. The molecule has 3 N–H and O–H groups in total. The predicted molar refractivity (Wildman–Crippen MR) is 137 cm³/mol. The van der Waals surface area contributed by atoms with Crippen LogP contribution in [0, 0.1) is 12.8 Å². The van der Waals surface area contributed by atoms with Crippen molar-refractivity contribution in [2.24, 2.45) is 5.92 Å². The molecule has 1 aliphatic heterocycles. The Labute approximate surface area is 212 Å². The van der Waals surface area contributed by atoms with Crippen molar-refractivity contribution in [3.05, 3.63) is 40.1 Å². The molecule has 2 aromatic heterocycles. The van der Waals surface area contributed by atoms with Crippen LogP contribution in [0.15, 0.2) is 27.9 Å². The van der Waals surface area contributed by atoms with E-state index in [1.807, 2.05) is 18.2 Å². The van der Waals surface area contributed by atoms with E-state index in [1.165, 1.54) is 0 Å². The van der Waals surface area contributed by atoms with E-state index in [0.29, 0.717) is 78.6 Å². The number of aryl methyl sites for hydroxylation is 2. The van der Waals surface area contributed by atoms with Crippen molar-refractivity contribution in [2.45, 2.75) is 63.9 Å². The number of aromatic nitrogens is 4. The van der Waals surface area contributed by atoms with Gasteiger partial charge < -0.3 is 19.9 Å². The SMILES string of the molecule is CCCc1nc(C)c2c(=O)[nH]c(-c3cc(S(=O)N4CCC(C(O)CCO)CC4)ccc3OCC)nn12. The molecule has 1 fully saturated rings. The fourth-order valence-corrected chi connectivity index (χ4v) is 6.01. The topological polar surface area (TPSA) is 133 Å². The van der Waals surface area contributed by atoms with Gasteiger partial charge in [0.05, 0.1) is 28.9 Å². The molecule has 0 bridgehead atoms. The lowest BCUT2D eigenvalue weighted by atomic mass is 9.91. The van der Waals surface area contributed by atoms with Crippen LogP contribution in [0.5, 0.6) is 5.75 Å². The van der Waals surface area contributed by atoms with Crippen molar-refractivity contribution >= 4 is 16.5 Å². The molecule has 3 aromatic rings. The van der Waals surface area contributed by atoms with Crippen LogP contribution in [0.4, 0.5) is 0 Å². The third kappa shape index (κ3) is 5.39. The molecule has 0 spiro atoms. The molecule has 10 nitrogen and oxygen atoms in total. The van der Waals surface area contributed by atoms with Crippen molar-refractivity contribution in [3.8, 4) is 17.1 Å². The minimum atomic E-state index is -1.43. The maximum absolute atomic E-state index is 13.5. The van der Waals surface area contributed by atoms with Crippen LogP contribution in [0.2, 0.25) is 0 Å². The third-order valence-corrected chi connectivity index (χ3v) is 8.12. The monoisotopic (exact) mass is 517 g/mol. The second kappa shape index (κ2) is 11.6. The van der Waals surface area contributed by atoms with Crippen LogP contribution < -0.4 is 10.3 Å². The molecule has 0 radical (unpaired) electrons. The Hall–Kier alpha value is -2.60. The predicted octanol–water partition coefficient (Wildman–Crippen LogP) is 2.22. The first kappa shape index (κ1) is 26.5. The highest BCUT2D eigenvalue weighted by molar-refractivity contribution is 7.82. The number of hydrogen-bond acceptors (Lipinski definition) is 7. The molecule has 1 aliphatic rings. The Morgan fingerprint density at radius 2 is 2.03 bits per heavy atom. The average molecular weight is 518 g/mol. The number of nitrogens with zero attached hydrogens (tertiary/aromatic N) is 4. The second-order valence-electron chi connectivity index (χ2n) is 9.11. The minimum absolute atomic E-state index is 0.0389. The third-order valence-electron chi connectivity index (χ3n) is 6.63. The maximum Gasteiger partial charge on any atom is 0.277 e. The van der Waals surface area contributed by atoms with Gasteiger partial charge >= 0.3 is 0 Å². The highest BCUT2D eigenvalue weighted by atomic mass is 32.2. The van der Waals surface area contributed by atoms with Crippen LogP contribution in [0.25, 0.3) is 16.9 Å². The molecule has 0 amide bonds. The van der Waals surface area contributed by atoms with E-state index >= 15 is 0 Å². The fourth-order valence-electron chi connectivity index (χ4n) is 4.77. The molecule has 1 aromatic carbocycles. The summed E-state index contributed by atoms with van der Waals surface area (Å²) >= 11 is 0. The zero-order valence-corrected chi connectivity index (χ0v) is 21.9. The summed E-state index contributed by atoms with van der Waals surface area (Å²) < 4.78 is 22.8. The van der Waals surface area contributed by atoms with Crippen LogP contribution >= 0.6 is 0 Å². The van der Waals surface area contributed by atoms with Crippen LogP contribution in [0.1, 0.15) is 51.0 Å². The van der Waals surface area contributed by atoms with Crippen molar-refractivity contribution < 1.29 is 19.2 Å². The number of rotatable bonds is 10. The molecule has 196 valence electrons. The normalized spacial score (nSPS) is 16.9. The number of ether oxygens (including phenoxy) is 1. The lowest BCUT2D eigenvalue weighted by molar-refractivity contribution is 0.0550. The quantitative estimate of drug-likeness (QED) is 0.376. The summed E-state index contributed by atoms with van der Waals surface area (Å²) in [5, 5.41) is 24.0. The van der Waals surface area contributed by atoms with E-state index in [-0.39, 0.29) is 18.1 Å². The Kier molecular flexibility index (Phi) is 8.55. The summed E-state index contributed by atoms with van der Waals surface area (Å²) in [6, 6.07) is 5.30. The number of aliphatic hydroxyl groups excluding tert-OH is 2. The molecule has 4 rings (SSSR count). The number of H-pyrrole nitrogens is 1. The smallest absolute Gasteiger partial charge is 0.277 e. The van der Waals surface area contributed by atoms with Crippen molar-refractivity contribution in [1.29, 1.82) is 0 Å². The van der Waals surface area contributed by atoms with E-state index in [1.54, 1.807) is 29.6 Å². The summed E-state index contributed by atoms with van der Waals surface area (Å²) in [4.78, 5) is 21.0. The van der Waals surface area contributed by atoms with Gasteiger partial charge in [0.1, 0.15) is 22.6 Å². The summed E-state index contributed by atoms with van der Waals surface area (Å²) in [7, 11) is -1.43. The summed E-state index contributed by atoms with van der Waals surface area (Å²) in [5.41, 5.74) is 1.32. The van der Waals surface area contributed by atoms with Gasteiger partial charge in [0.15, 0.2) is 11.3 Å². The van der Waals surface area contributed by atoms with Gasteiger partial charge in [0.25, 0.3) is 5.56 Å². The van der Waals surface area contributed by atoms with E-state index in [2.05, 4.69) is 9.97 Å². The fraction of sp³-hybridized carbons (Fsp3) is 0.560. The summed E-state index contributed by atoms with van der Waals surface area (Å²) in [5.74, 6) is 1.69. The number of nitrogens with one attached hydrogen (secondary N) is 1. The first-order valence-electron chi connectivity index (χ1n) is 12.6. The molecular weight excluding hydrogens is 482 g/mol. The highest BCUT2D eigenvalue weighted by Crippen LogP contribution is 2.32. The Bertz CT molecular complexity index is 1280. The molecular formula is C25H35N5O5S. The maximum atomic E-state index is 13.5. The Morgan fingerprint density at radius 3 is 2.69 bits per heavy atom. The average Bonchev–Trinajstić information content (AvgIpc) is 3.20. The van der Waals surface area contributed by atoms with Crippen LogP contribution in [-0.2, 0) is 17.4 Å². The molecule has 0 saturated carbocycles. The van der Waals surface area contributed by atoms with E-state index in [0.717, 1.165) is 12.2 Å². The minimum Gasteiger partial charge on any atom is -0.493 e. The van der Waals surface area contributed by atoms with Crippen molar-refractivity contribution in [1.82, 2.24) is 23.9 Å². The van der Waals surface area contributed by atoms with Gasteiger partial charge in [-0.2, -0.15) is 0 Å². The van der Waals surface area contributed by atoms with Gasteiger partial charge in [0.2, 0.25) is 0 Å². The number of benzene rings is 1. The summed E-state index contributed by atoms with van der Waals surface area (Å²) in [6.45, 7) is 7.28. The number of fused-ring (bicyclic) bond motifs is 1. The number of hydrogen-bond donors (Lipinski definition) is 3. The lowest BCUT2D eigenvalue weighted by Gasteiger charge is -2.33. The zero-order valence-electron chi connectivity index (χ0n) is 21.1. The molecule has 1 saturated heterocycles. The molecule has 11 heteroatoms.